The van der Waals surface area contributed by atoms with Gasteiger partial charge < -0.3 is 14.0 Å². The van der Waals surface area contributed by atoms with Crippen molar-refractivity contribution < 1.29 is 23.9 Å². The Balaban J connectivity index is 1.63. The van der Waals surface area contributed by atoms with Gasteiger partial charge in [-0.05, 0) is 55.3 Å². The third-order valence-electron chi connectivity index (χ3n) is 4.98. The maximum atomic E-state index is 12.4. The van der Waals surface area contributed by atoms with Crippen LogP contribution in [-0.4, -0.2) is 28.9 Å². The predicted octanol–water partition coefficient (Wildman–Crippen LogP) is 4.27. The highest BCUT2D eigenvalue weighted by Gasteiger charge is 2.16. The molecule has 0 amide bonds. The lowest BCUT2D eigenvalue weighted by molar-refractivity contribution is -0.131. The maximum Gasteiger partial charge on any atom is 0.338 e. The molecular weight excluding hydrogens is 382 g/mol. The van der Waals surface area contributed by atoms with E-state index in [4.69, 9.17) is 9.47 Å². The van der Waals surface area contributed by atoms with Crippen LogP contribution < -0.4 is 4.74 Å². The van der Waals surface area contributed by atoms with E-state index in [0.717, 1.165) is 22.5 Å². The van der Waals surface area contributed by atoms with Crippen LogP contribution in [-0.2, 0) is 16.6 Å². The van der Waals surface area contributed by atoms with E-state index < -0.39 is 5.97 Å². The molecule has 0 radical (unpaired) electrons. The van der Waals surface area contributed by atoms with Gasteiger partial charge in [0.05, 0.1) is 5.56 Å². The number of Topliss-reactive ketones (excluding diaryl/α,β-unsaturated/α-hetero) is 1. The Labute approximate surface area is 175 Å². The van der Waals surface area contributed by atoms with Crippen molar-refractivity contribution in [1.82, 2.24) is 4.57 Å². The largest absolute Gasteiger partial charge is 0.454 e. The predicted molar refractivity (Wildman–Crippen MR) is 113 cm³/mol. The number of ether oxygens (including phenoxy) is 2. The van der Waals surface area contributed by atoms with E-state index in [1.807, 2.05) is 37.6 Å². The van der Waals surface area contributed by atoms with Crippen molar-refractivity contribution in [3.63, 3.8) is 0 Å². The number of hydrogen-bond donors (Lipinski definition) is 0. The molecule has 6 heteroatoms. The number of rotatable bonds is 6. The summed E-state index contributed by atoms with van der Waals surface area (Å²) < 4.78 is 12.1. The molecule has 6 nitrogen and oxygen atoms in total. The van der Waals surface area contributed by atoms with Crippen LogP contribution in [0, 0.1) is 13.8 Å². The van der Waals surface area contributed by atoms with Gasteiger partial charge in [-0.15, -0.1) is 0 Å². The highest BCUT2D eigenvalue weighted by Crippen LogP contribution is 2.23. The number of esters is 2. The minimum atomic E-state index is -0.551. The molecule has 30 heavy (non-hydrogen) atoms. The number of nitrogens with zero attached hydrogens (tertiary/aromatic N) is 1. The average molecular weight is 405 g/mol. The van der Waals surface area contributed by atoms with Crippen LogP contribution in [0.25, 0.3) is 11.1 Å². The fraction of sp³-hybridized carbons (Fsp3) is 0.208. The zero-order valence-corrected chi connectivity index (χ0v) is 17.4. The quantitative estimate of drug-likeness (QED) is 0.348. The fourth-order valence-corrected chi connectivity index (χ4v) is 3.11. The molecule has 0 unspecified atom stereocenters. The van der Waals surface area contributed by atoms with Crippen LogP contribution in [0.4, 0.5) is 0 Å². The van der Waals surface area contributed by atoms with Crippen molar-refractivity contribution in [3.8, 4) is 16.9 Å². The lowest BCUT2D eigenvalue weighted by Crippen LogP contribution is -2.15. The fourth-order valence-electron chi connectivity index (χ4n) is 3.11. The van der Waals surface area contributed by atoms with Crippen LogP contribution in [0.1, 0.15) is 39.0 Å². The molecule has 0 saturated carbocycles. The maximum absolute atomic E-state index is 12.4. The highest BCUT2D eigenvalue weighted by molar-refractivity contribution is 6.00. The Morgan fingerprint density at radius 1 is 0.900 bits per heavy atom. The summed E-state index contributed by atoms with van der Waals surface area (Å²) in [5.41, 5.74) is 4.55. The molecule has 0 aliphatic rings. The molecule has 3 aromatic rings. The minimum Gasteiger partial charge on any atom is -0.454 e. The summed E-state index contributed by atoms with van der Waals surface area (Å²) in [5.74, 6) is -0.680. The number of carbonyl (C=O) groups is 3. The van der Waals surface area contributed by atoms with Gasteiger partial charge in [0.2, 0.25) is 5.78 Å². The Bertz CT molecular complexity index is 1090. The first-order valence-electron chi connectivity index (χ1n) is 9.48. The minimum absolute atomic E-state index is 0.228. The second-order valence-corrected chi connectivity index (χ2v) is 7.04. The van der Waals surface area contributed by atoms with E-state index in [-0.39, 0.29) is 18.4 Å². The number of aryl methyl sites for hydroxylation is 1. The second-order valence-electron chi connectivity index (χ2n) is 7.04. The average Bonchev–Trinajstić information content (AvgIpc) is 2.99. The van der Waals surface area contributed by atoms with Crippen molar-refractivity contribution in [2.45, 2.75) is 20.8 Å². The molecule has 0 fully saturated rings. The van der Waals surface area contributed by atoms with Gasteiger partial charge >= 0.3 is 11.9 Å². The van der Waals surface area contributed by atoms with Gasteiger partial charge in [0, 0.05) is 30.9 Å². The SMILES string of the molecule is CC(=O)Oc1ccc(-c2ccc(C(=O)OCC(=O)c3cc(C)n(C)c3C)cc2)cc1. The Kier molecular flexibility index (Phi) is 6.16. The van der Waals surface area contributed by atoms with Gasteiger partial charge in [-0.25, -0.2) is 4.79 Å². The normalized spacial score (nSPS) is 10.5. The summed E-state index contributed by atoms with van der Waals surface area (Å²) in [5, 5.41) is 0. The van der Waals surface area contributed by atoms with E-state index >= 15 is 0 Å². The van der Waals surface area contributed by atoms with Crippen molar-refractivity contribution in [1.29, 1.82) is 0 Å². The third kappa shape index (κ3) is 4.66. The van der Waals surface area contributed by atoms with Gasteiger partial charge in [0.25, 0.3) is 0 Å². The van der Waals surface area contributed by atoms with Gasteiger partial charge in [-0.2, -0.15) is 0 Å². The standard InChI is InChI=1S/C24H23NO5/c1-15-13-22(16(2)25(15)4)23(27)14-29-24(28)20-7-5-18(6-8-20)19-9-11-21(12-10-19)30-17(3)26/h5-13H,14H2,1-4H3. The first kappa shape index (κ1) is 21.0. The molecule has 0 spiro atoms. The van der Waals surface area contributed by atoms with Gasteiger partial charge in [-0.1, -0.05) is 24.3 Å². The monoisotopic (exact) mass is 405 g/mol. The number of hydrogen-bond acceptors (Lipinski definition) is 5. The molecule has 0 atom stereocenters. The van der Waals surface area contributed by atoms with Gasteiger partial charge in [-0.3, -0.25) is 9.59 Å². The van der Waals surface area contributed by atoms with Gasteiger partial charge in [0.1, 0.15) is 5.75 Å². The summed E-state index contributed by atoms with van der Waals surface area (Å²) in [4.78, 5) is 35.7. The van der Waals surface area contributed by atoms with E-state index in [1.165, 1.54) is 6.92 Å². The van der Waals surface area contributed by atoms with Crippen LogP contribution in [0.3, 0.4) is 0 Å². The molecule has 0 N–H and O–H groups in total. The van der Waals surface area contributed by atoms with Crippen molar-refractivity contribution in [2.24, 2.45) is 7.05 Å². The zero-order valence-electron chi connectivity index (χ0n) is 17.4. The van der Waals surface area contributed by atoms with E-state index in [0.29, 0.717) is 16.9 Å². The van der Waals surface area contributed by atoms with Crippen molar-refractivity contribution in [2.75, 3.05) is 6.61 Å². The van der Waals surface area contributed by atoms with Gasteiger partial charge in [0.15, 0.2) is 6.61 Å². The van der Waals surface area contributed by atoms with Crippen LogP contribution in [0.2, 0.25) is 0 Å². The molecule has 154 valence electrons. The zero-order chi connectivity index (χ0) is 21.8. The topological polar surface area (TPSA) is 74.6 Å². The highest BCUT2D eigenvalue weighted by atomic mass is 16.5. The Morgan fingerprint density at radius 3 is 1.97 bits per heavy atom. The Morgan fingerprint density at radius 2 is 1.47 bits per heavy atom. The molecule has 2 aromatic carbocycles. The van der Waals surface area contributed by atoms with Crippen LogP contribution in [0.5, 0.6) is 5.75 Å². The molecule has 0 aliphatic carbocycles. The smallest absolute Gasteiger partial charge is 0.338 e. The summed E-state index contributed by atoms with van der Waals surface area (Å²) in [6.45, 7) is 4.82. The molecular formula is C24H23NO5. The third-order valence-corrected chi connectivity index (χ3v) is 4.98. The van der Waals surface area contributed by atoms with E-state index in [1.54, 1.807) is 42.5 Å². The molecule has 1 aromatic heterocycles. The lowest BCUT2D eigenvalue weighted by atomic mass is 10.0. The van der Waals surface area contributed by atoms with Crippen molar-refractivity contribution >= 4 is 17.7 Å². The van der Waals surface area contributed by atoms with Crippen LogP contribution >= 0.6 is 0 Å². The summed E-state index contributed by atoms with van der Waals surface area (Å²) in [6.07, 6.45) is 0. The first-order valence-corrected chi connectivity index (χ1v) is 9.48. The van der Waals surface area contributed by atoms with E-state index in [9.17, 15) is 14.4 Å². The first-order chi connectivity index (χ1) is 14.3. The molecule has 0 aliphatic heterocycles. The number of aromatic nitrogens is 1. The number of carbonyl (C=O) groups excluding carboxylic acids is 3. The second kappa shape index (κ2) is 8.78. The van der Waals surface area contributed by atoms with E-state index in [2.05, 4.69) is 0 Å². The summed E-state index contributed by atoms with van der Waals surface area (Å²) in [6, 6.07) is 15.8. The Hall–Kier alpha value is -3.67. The molecule has 3 rings (SSSR count). The van der Waals surface area contributed by atoms with Crippen LogP contribution in [0.15, 0.2) is 54.6 Å². The lowest BCUT2D eigenvalue weighted by Gasteiger charge is -2.07. The van der Waals surface area contributed by atoms with Crippen molar-refractivity contribution in [3.05, 3.63) is 77.1 Å². The molecule has 1 heterocycles. The summed E-state index contributed by atoms with van der Waals surface area (Å²) >= 11 is 0. The molecule has 0 saturated heterocycles. The number of ketones is 1. The molecule has 0 bridgehead atoms. The summed E-state index contributed by atoms with van der Waals surface area (Å²) in [7, 11) is 1.89. The number of benzene rings is 2.